The number of hydrogen-bond donors (Lipinski definition) is 2. The lowest BCUT2D eigenvalue weighted by molar-refractivity contribution is -0.115. The van der Waals surface area contributed by atoms with E-state index >= 15 is 0 Å². The Balaban J connectivity index is 1.39. The summed E-state index contributed by atoms with van der Waals surface area (Å²) in [5.41, 5.74) is 2.69. The van der Waals surface area contributed by atoms with Crippen molar-refractivity contribution in [2.24, 2.45) is 0 Å². The molecule has 1 aliphatic heterocycles. The van der Waals surface area contributed by atoms with Crippen LogP contribution in [0, 0.1) is 5.82 Å². The summed E-state index contributed by atoms with van der Waals surface area (Å²) in [6.07, 6.45) is 0.751. The largest absolute Gasteiger partial charge is 0.497 e. The van der Waals surface area contributed by atoms with Crippen molar-refractivity contribution >= 4 is 17.8 Å². The number of fused-ring (bicyclic) bond motifs is 1. The van der Waals surface area contributed by atoms with Gasteiger partial charge in [-0.05, 0) is 59.5 Å². The molecule has 0 spiro atoms. The summed E-state index contributed by atoms with van der Waals surface area (Å²) in [5.74, 6) is 2.01. The van der Waals surface area contributed by atoms with Crippen molar-refractivity contribution in [1.82, 2.24) is 14.8 Å². The molecule has 0 radical (unpaired) electrons. The van der Waals surface area contributed by atoms with Crippen molar-refractivity contribution in [3.8, 4) is 17.2 Å². The number of amides is 1. The highest BCUT2D eigenvalue weighted by atomic mass is 19.1. The maximum atomic E-state index is 13.7. The van der Waals surface area contributed by atoms with Crippen LogP contribution in [-0.2, 0) is 11.2 Å². The summed E-state index contributed by atoms with van der Waals surface area (Å²) in [7, 11) is 4.73. The zero-order chi connectivity index (χ0) is 26.6. The topological polar surface area (TPSA) is 99.5 Å². The molecule has 1 aromatic heterocycles. The molecule has 2 N–H and O–H groups in total. The van der Waals surface area contributed by atoms with E-state index in [2.05, 4.69) is 20.7 Å². The third-order valence-electron chi connectivity index (χ3n) is 6.53. The second-order valence-corrected chi connectivity index (χ2v) is 8.89. The maximum absolute atomic E-state index is 13.7. The van der Waals surface area contributed by atoms with Gasteiger partial charge in [0, 0.05) is 0 Å². The highest BCUT2D eigenvalue weighted by Gasteiger charge is 2.31. The number of nitrogens with one attached hydrogen (secondary N) is 2. The molecule has 2 atom stereocenters. The fourth-order valence-corrected chi connectivity index (χ4v) is 4.59. The zero-order valence-electron chi connectivity index (χ0n) is 21.3. The van der Waals surface area contributed by atoms with E-state index in [1.54, 1.807) is 56.3 Å². The van der Waals surface area contributed by atoms with Gasteiger partial charge < -0.3 is 19.5 Å². The van der Waals surface area contributed by atoms with E-state index in [4.69, 9.17) is 14.2 Å². The van der Waals surface area contributed by atoms with Crippen LogP contribution >= 0.6 is 0 Å². The minimum absolute atomic E-state index is 0.0806. The predicted octanol–water partition coefficient (Wildman–Crippen LogP) is 4.77. The van der Waals surface area contributed by atoms with Gasteiger partial charge in [0.05, 0.1) is 39.8 Å². The standard InChI is InChI=1S/C28H28FN5O4/c1-36-21-11-7-18(8-12-21)22-16-23(19-5-9-20(29)10-6-19)34-28(30-22)32-27(33-34)31-26(35)15-17-4-13-24(37-2)25(14-17)38-3/h4-14,22-23H,15-16H2,1-3H3,(H2,30,31,32,33,35)/t22-,23+/m0/s1. The number of halogens is 1. The first-order valence-corrected chi connectivity index (χ1v) is 12.1. The zero-order valence-corrected chi connectivity index (χ0v) is 21.3. The first-order valence-electron chi connectivity index (χ1n) is 12.1. The van der Waals surface area contributed by atoms with Crippen molar-refractivity contribution < 1.29 is 23.4 Å². The van der Waals surface area contributed by atoms with Crippen LogP contribution in [0.15, 0.2) is 66.7 Å². The van der Waals surface area contributed by atoms with Crippen LogP contribution < -0.4 is 24.8 Å². The lowest BCUT2D eigenvalue weighted by atomic mass is 9.93. The van der Waals surface area contributed by atoms with Gasteiger partial charge in [-0.15, -0.1) is 5.10 Å². The second kappa shape index (κ2) is 10.8. The smallest absolute Gasteiger partial charge is 0.250 e. The molecule has 9 nitrogen and oxygen atoms in total. The Morgan fingerprint density at radius 3 is 2.37 bits per heavy atom. The summed E-state index contributed by atoms with van der Waals surface area (Å²) in [4.78, 5) is 17.4. The minimum Gasteiger partial charge on any atom is -0.497 e. The van der Waals surface area contributed by atoms with Crippen LogP contribution in [0.5, 0.6) is 17.2 Å². The molecule has 1 aliphatic rings. The van der Waals surface area contributed by atoms with E-state index in [1.165, 1.54) is 12.1 Å². The first kappa shape index (κ1) is 25.1. The number of hydrogen-bond acceptors (Lipinski definition) is 7. The second-order valence-electron chi connectivity index (χ2n) is 8.89. The van der Waals surface area contributed by atoms with Crippen molar-refractivity contribution in [2.45, 2.75) is 24.9 Å². The van der Waals surface area contributed by atoms with Crippen molar-refractivity contribution in [3.05, 3.63) is 89.2 Å². The quantitative estimate of drug-likeness (QED) is 0.347. The van der Waals surface area contributed by atoms with Gasteiger partial charge in [0.2, 0.25) is 11.9 Å². The number of nitrogens with zero attached hydrogens (tertiary/aromatic N) is 3. The number of methoxy groups -OCH3 is 3. The van der Waals surface area contributed by atoms with Gasteiger partial charge in [0.15, 0.2) is 11.5 Å². The van der Waals surface area contributed by atoms with Crippen LogP contribution in [0.25, 0.3) is 0 Å². The molecule has 196 valence electrons. The monoisotopic (exact) mass is 517 g/mol. The molecular weight excluding hydrogens is 489 g/mol. The Morgan fingerprint density at radius 2 is 1.68 bits per heavy atom. The van der Waals surface area contributed by atoms with Gasteiger partial charge in [0.1, 0.15) is 11.6 Å². The Kier molecular flexibility index (Phi) is 7.12. The molecule has 2 heterocycles. The third-order valence-corrected chi connectivity index (χ3v) is 6.53. The van der Waals surface area contributed by atoms with Gasteiger partial charge in [-0.3, -0.25) is 10.1 Å². The lowest BCUT2D eigenvalue weighted by Crippen LogP contribution is -2.28. The maximum Gasteiger partial charge on any atom is 0.250 e. The Bertz CT molecular complexity index is 1420. The Labute approximate surface area is 219 Å². The SMILES string of the molecule is COc1ccc([C@@H]2C[C@H](c3ccc(F)cc3)n3nc(NC(=O)Cc4ccc(OC)c(OC)c4)nc3N2)cc1. The average molecular weight is 518 g/mol. The van der Waals surface area contributed by atoms with Crippen LogP contribution in [0.1, 0.15) is 35.2 Å². The van der Waals surface area contributed by atoms with Crippen LogP contribution in [0.2, 0.25) is 0 Å². The normalized spacial score (nSPS) is 16.2. The Morgan fingerprint density at radius 1 is 0.974 bits per heavy atom. The number of ether oxygens (including phenoxy) is 3. The van der Waals surface area contributed by atoms with Gasteiger partial charge in [0.25, 0.3) is 5.95 Å². The summed E-state index contributed by atoms with van der Waals surface area (Å²) < 4.78 is 31.3. The highest BCUT2D eigenvalue weighted by molar-refractivity contribution is 5.90. The summed E-state index contributed by atoms with van der Waals surface area (Å²) >= 11 is 0. The molecule has 38 heavy (non-hydrogen) atoms. The van der Waals surface area contributed by atoms with Gasteiger partial charge >= 0.3 is 0 Å². The molecule has 0 bridgehead atoms. The molecule has 3 aromatic carbocycles. The number of benzene rings is 3. The van der Waals surface area contributed by atoms with Gasteiger partial charge in [-0.2, -0.15) is 4.98 Å². The van der Waals surface area contributed by atoms with E-state index in [-0.39, 0.29) is 36.2 Å². The molecule has 0 aliphatic carbocycles. The fourth-order valence-electron chi connectivity index (χ4n) is 4.59. The molecule has 4 aromatic rings. The van der Waals surface area contributed by atoms with Crippen molar-refractivity contribution in [2.75, 3.05) is 32.0 Å². The van der Waals surface area contributed by atoms with Gasteiger partial charge in [-0.25, -0.2) is 9.07 Å². The molecule has 0 saturated heterocycles. The number of rotatable bonds is 8. The summed E-state index contributed by atoms with van der Waals surface area (Å²) in [6.45, 7) is 0. The molecule has 5 rings (SSSR count). The molecule has 0 unspecified atom stereocenters. The third kappa shape index (κ3) is 5.24. The molecule has 0 saturated carbocycles. The van der Waals surface area contributed by atoms with E-state index < -0.39 is 0 Å². The molecule has 0 fully saturated rings. The van der Waals surface area contributed by atoms with Gasteiger partial charge in [-0.1, -0.05) is 30.3 Å². The molecule has 1 amide bonds. The number of carbonyl (C=O) groups is 1. The van der Waals surface area contributed by atoms with Crippen LogP contribution in [-0.4, -0.2) is 42.0 Å². The number of carbonyl (C=O) groups excluding carboxylic acids is 1. The summed E-state index contributed by atoms with van der Waals surface area (Å²) in [5, 5.41) is 10.8. The average Bonchev–Trinajstić information content (AvgIpc) is 3.35. The predicted molar refractivity (Wildman–Crippen MR) is 140 cm³/mol. The number of anilines is 2. The van der Waals surface area contributed by atoms with Crippen molar-refractivity contribution in [3.63, 3.8) is 0 Å². The Hall–Kier alpha value is -4.60. The number of aromatic nitrogens is 3. The van der Waals surface area contributed by atoms with Crippen LogP contribution in [0.3, 0.4) is 0 Å². The first-order chi connectivity index (χ1) is 18.5. The minimum atomic E-state index is -0.309. The van der Waals surface area contributed by atoms with E-state index in [9.17, 15) is 9.18 Å². The summed E-state index contributed by atoms with van der Waals surface area (Å²) in [6, 6.07) is 19.2. The van der Waals surface area contributed by atoms with Crippen molar-refractivity contribution in [1.29, 1.82) is 0 Å². The van der Waals surface area contributed by atoms with E-state index in [0.29, 0.717) is 23.9 Å². The van der Waals surface area contributed by atoms with E-state index in [0.717, 1.165) is 22.4 Å². The van der Waals surface area contributed by atoms with Crippen LogP contribution in [0.4, 0.5) is 16.3 Å². The molecule has 10 heteroatoms. The lowest BCUT2D eigenvalue weighted by Gasteiger charge is -2.31. The fraction of sp³-hybridized carbons (Fsp3) is 0.250. The highest BCUT2D eigenvalue weighted by Crippen LogP contribution is 2.38. The van der Waals surface area contributed by atoms with E-state index in [1.807, 2.05) is 24.3 Å². The molecular formula is C28H28FN5O4.